The van der Waals surface area contributed by atoms with Gasteiger partial charge < -0.3 is 4.90 Å². The largest absolute Gasteiger partial charge is 0.378 e. The van der Waals surface area contributed by atoms with Crippen molar-refractivity contribution in [1.29, 1.82) is 0 Å². The van der Waals surface area contributed by atoms with Gasteiger partial charge in [0.25, 0.3) is 5.56 Å². The maximum absolute atomic E-state index is 13.7. The third kappa shape index (κ3) is 3.41. The molecule has 0 unspecified atom stereocenters. The van der Waals surface area contributed by atoms with Crippen LogP contribution in [-0.4, -0.2) is 18.7 Å². The van der Waals surface area contributed by atoms with Crippen molar-refractivity contribution in [3.05, 3.63) is 113 Å². The number of fused-ring (bicyclic) bond motifs is 3. The molecule has 33 heavy (non-hydrogen) atoms. The Bertz CT molecular complexity index is 1550. The number of thiophene rings is 1. The summed E-state index contributed by atoms with van der Waals surface area (Å²) in [6.07, 6.45) is 3.90. The van der Waals surface area contributed by atoms with Gasteiger partial charge in [-0.05, 0) is 59.2 Å². The first-order valence-corrected chi connectivity index (χ1v) is 12.7. The van der Waals surface area contributed by atoms with Crippen LogP contribution in [0.1, 0.15) is 34.0 Å². The monoisotopic (exact) mass is 469 g/mol. The highest BCUT2D eigenvalue weighted by molar-refractivity contribution is 7.10. The maximum atomic E-state index is 13.7. The van der Waals surface area contributed by atoms with Gasteiger partial charge in [0.15, 0.2) is 4.80 Å². The average molecular weight is 470 g/mol. The van der Waals surface area contributed by atoms with Gasteiger partial charge in [-0.3, -0.25) is 9.36 Å². The minimum atomic E-state index is -0.0807. The maximum Gasteiger partial charge on any atom is 0.271 e. The van der Waals surface area contributed by atoms with E-state index in [4.69, 9.17) is 4.99 Å². The van der Waals surface area contributed by atoms with Gasteiger partial charge in [0.2, 0.25) is 0 Å². The summed E-state index contributed by atoms with van der Waals surface area (Å²) in [6.45, 7) is 0. The second kappa shape index (κ2) is 7.97. The minimum Gasteiger partial charge on any atom is -0.378 e. The second-order valence-electron chi connectivity index (χ2n) is 8.62. The summed E-state index contributed by atoms with van der Waals surface area (Å²) in [5.41, 5.74) is 7.05. The van der Waals surface area contributed by atoms with Gasteiger partial charge in [-0.25, -0.2) is 4.99 Å². The fraction of sp³-hybridized carbons (Fsp3) is 0.185. The highest BCUT2D eigenvalue weighted by atomic mass is 32.1. The molecule has 3 heterocycles. The van der Waals surface area contributed by atoms with Crippen molar-refractivity contribution >= 4 is 40.1 Å². The Morgan fingerprint density at radius 2 is 1.85 bits per heavy atom. The Labute approximate surface area is 200 Å². The van der Waals surface area contributed by atoms with Crippen molar-refractivity contribution in [2.24, 2.45) is 4.99 Å². The summed E-state index contributed by atoms with van der Waals surface area (Å²) in [5, 5.41) is 2.09. The van der Waals surface area contributed by atoms with E-state index in [0.717, 1.165) is 39.1 Å². The summed E-state index contributed by atoms with van der Waals surface area (Å²) in [7, 11) is 4.05. The quantitative estimate of drug-likeness (QED) is 0.445. The van der Waals surface area contributed by atoms with E-state index in [-0.39, 0.29) is 11.6 Å². The predicted molar refractivity (Wildman–Crippen MR) is 138 cm³/mol. The van der Waals surface area contributed by atoms with E-state index < -0.39 is 0 Å². The molecule has 0 saturated carbocycles. The van der Waals surface area contributed by atoms with E-state index in [1.165, 1.54) is 32.9 Å². The van der Waals surface area contributed by atoms with E-state index >= 15 is 0 Å². The molecule has 1 atom stereocenters. The number of benzene rings is 2. The molecule has 2 aliphatic rings. The van der Waals surface area contributed by atoms with Gasteiger partial charge in [-0.15, -0.1) is 11.3 Å². The first-order valence-electron chi connectivity index (χ1n) is 11.0. The van der Waals surface area contributed by atoms with Crippen LogP contribution in [0.5, 0.6) is 0 Å². The highest BCUT2D eigenvalue weighted by Crippen LogP contribution is 2.42. The molecular formula is C27H23N3OS2. The summed E-state index contributed by atoms with van der Waals surface area (Å²) < 4.78 is 2.64. The van der Waals surface area contributed by atoms with Crippen molar-refractivity contribution in [1.82, 2.24) is 4.57 Å². The van der Waals surface area contributed by atoms with Gasteiger partial charge in [0.1, 0.15) is 0 Å². The SMILES string of the molecule is CN(C)c1ccc(/C=c2/sc3n(c2=O)[C@@H](c2cccs2)C2=C(N=3)c3ccccc3CC2)cc1. The van der Waals surface area contributed by atoms with Crippen LogP contribution in [0, 0.1) is 0 Å². The molecule has 2 aromatic carbocycles. The third-order valence-corrected chi connectivity index (χ3v) is 8.30. The van der Waals surface area contributed by atoms with Gasteiger partial charge in [0, 0.05) is 30.2 Å². The van der Waals surface area contributed by atoms with Gasteiger partial charge in [-0.2, -0.15) is 0 Å². The fourth-order valence-electron chi connectivity index (χ4n) is 4.74. The van der Waals surface area contributed by atoms with E-state index in [9.17, 15) is 4.79 Å². The molecule has 0 amide bonds. The number of aromatic nitrogens is 1. The summed E-state index contributed by atoms with van der Waals surface area (Å²) in [4.78, 5) is 22.8. The van der Waals surface area contributed by atoms with Gasteiger partial charge in [-0.1, -0.05) is 53.8 Å². The van der Waals surface area contributed by atoms with Gasteiger partial charge >= 0.3 is 0 Å². The van der Waals surface area contributed by atoms with Crippen LogP contribution in [-0.2, 0) is 6.42 Å². The number of nitrogens with zero attached hydrogens (tertiary/aromatic N) is 3. The van der Waals surface area contributed by atoms with Crippen molar-refractivity contribution in [3.63, 3.8) is 0 Å². The minimum absolute atomic E-state index is 0.0410. The zero-order valence-electron chi connectivity index (χ0n) is 18.5. The number of thiazole rings is 1. The lowest BCUT2D eigenvalue weighted by atomic mass is 9.85. The van der Waals surface area contributed by atoms with Crippen LogP contribution in [0.2, 0.25) is 0 Å². The number of anilines is 1. The lowest BCUT2D eigenvalue weighted by Crippen LogP contribution is -2.38. The molecule has 0 fully saturated rings. The van der Waals surface area contributed by atoms with Gasteiger partial charge in [0.05, 0.1) is 16.3 Å². The fourth-order valence-corrected chi connectivity index (χ4v) is 6.59. The molecule has 0 bridgehead atoms. The number of allylic oxidation sites excluding steroid dienone is 1. The van der Waals surface area contributed by atoms with Crippen LogP contribution in [0.15, 0.2) is 81.4 Å². The molecule has 1 aliphatic carbocycles. The molecular weight excluding hydrogens is 446 g/mol. The highest BCUT2D eigenvalue weighted by Gasteiger charge is 2.32. The van der Waals surface area contributed by atoms with Crippen LogP contribution in [0.25, 0.3) is 11.8 Å². The molecule has 4 aromatic rings. The standard InChI is InChI=1S/C27H23N3OS2/c1-29(2)19-12-9-17(10-13-19)16-23-26(31)30-25(22-8-5-15-32-22)21-14-11-18-6-3-4-7-20(18)24(21)28-27(30)33-23/h3-10,12-13,15-16,25H,11,14H2,1-2H3/b23-16+/t25-/m1/s1. The summed E-state index contributed by atoms with van der Waals surface area (Å²) in [5.74, 6) is 0. The summed E-state index contributed by atoms with van der Waals surface area (Å²) in [6, 6.07) is 20.9. The lowest BCUT2D eigenvalue weighted by Gasteiger charge is -2.30. The predicted octanol–water partition coefficient (Wildman–Crippen LogP) is 4.45. The normalized spacial score (nSPS) is 17.3. The van der Waals surface area contributed by atoms with E-state index in [0.29, 0.717) is 0 Å². The Kier molecular flexibility index (Phi) is 4.93. The number of hydrogen-bond acceptors (Lipinski definition) is 5. The van der Waals surface area contributed by atoms with Crippen molar-refractivity contribution < 1.29 is 0 Å². The molecule has 4 nitrogen and oxygen atoms in total. The van der Waals surface area contributed by atoms with E-state index in [1.54, 1.807) is 11.3 Å². The third-order valence-electron chi connectivity index (χ3n) is 6.39. The second-order valence-corrected chi connectivity index (χ2v) is 10.6. The van der Waals surface area contributed by atoms with Crippen molar-refractivity contribution in [3.8, 4) is 0 Å². The molecule has 6 heteroatoms. The summed E-state index contributed by atoms with van der Waals surface area (Å²) >= 11 is 3.20. The molecule has 1 aliphatic heterocycles. The Balaban J connectivity index is 1.56. The molecule has 0 spiro atoms. The van der Waals surface area contributed by atoms with Crippen LogP contribution < -0.4 is 19.8 Å². The Morgan fingerprint density at radius 3 is 2.61 bits per heavy atom. The number of hydrogen-bond donors (Lipinski definition) is 0. The topological polar surface area (TPSA) is 37.6 Å². The zero-order valence-corrected chi connectivity index (χ0v) is 20.1. The Morgan fingerprint density at radius 1 is 1.03 bits per heavy atom. The zero-order chi connectivity index (χ0) is 22.5. The first-order chi connectivity index (χ1) is 16.1. The molecule has 0 N–H and O–H groups in total. The Hall–Kier alpha value is -3.22. The first kappa shape index (κ1) is 20.4. The van der Waals surface area contributed by atoms with Crippen molar-refractivity contribution in [2.75, 3.05) is 19.0 Å². The molecule has 164 valence electrons. The van der Waals surface area contributed by atoms with Crippen LogP contribution in [0.3, 0.4) is 0 Å². The number of rotatable bonds is 3. The van der Waals surface area contributed by atoms with E-state index in [2.05, 4.69) is 70.9 Å². The smallest absolute Gasteiger partial charge is 0.271 e. The molecule has 0 saturated heterocycles. The number of aryl methyl sites for hydroxylation is 1. The van der Waals surface area contributed by atoms with E-state index in [1.807, 2.05) is 24.7 Å². The molecule has 0 radical (unpaired) electrons. The van der Waals surface area contributed by atoms with Crippen LogP contribution >= 0.6 is 22.7 Å². The van der Waals surface area contributed by atoms with Crippen LogP contribution in [0.4, 0.5) is 5.69 Å². The van der Waals surface area contributed by atoms with Crippen molar-refractivity contribution in [2.45, 2.75) is 18.9 Å². The lowest BCUT2D eigenvalue weighted by molar-refractivity contribution is 0.593. The molecule has 2 aromatic heterocycles. The molecule has 6 rings (SSSR count). The average Bonchev–Trinajstić information content (AvgIpc) is 3.47.